The lowest BCUT2D eigenvalue weighted by Crippen LogP contribution is -2.47. The van der Waals surface area contributed by atoms with Crippen LogP contribution in [-0.4, -0.2) is 53.5 Å². The van der Waals surface area contributed by atoms with Crippen molar-refractivity contribution in [3.05, 3.63) is 0 Å². The minimum Gasteiger partial charge on any atom is -0.337 e. The van der Waals surface area contributed by atoms with Crippen LogP contribution in [0.15, 0.2) is 0 Å². The third kappa shape index (κ3) is 4.82. The number of halogens is 1. The van der Waals surface area contributed by atoms with E-state index in [4.69, 9.17) is 5.73 Å². The number of hydrogen-bond donors (Lipinski definition) is 1. The number of amides is 1. The molecule has 0 saturated carbocycles. The SMILES string of the molecule is CC(C)N(C(=O)CN1CCC(N)C1)C(C)C.Cl. The number of carbonyl (C=O) groups excluding carboxylic acids is 1. The fourth-order valence-electron chi connectivity index (χ4n) is 2.45. The van der Waals surface area contributed by atoms with E-state index >= 15 is 0 Å². The van der Waals surface area contributed by atoms with Crippen LogP contribution in [0, 0.1) is 0 Å². The van der Waals surface area contributed by atoms with Gasteiger partial charge in [0.05, 0.1) is 6.54 Å². The van der Waals surface area contributed by atoms with Crippen LogP contribution in [0.2, 0.25) is 0 Å². The van der Waals surface area contributed by atoms with Crippen molar-refractivity contribution in [1.82, 2.24) is 9.80 Å². The van der Waals surface area contributed by atoms with E-state index in [1.54, 1.807) is 0 Å². The van der Waals surface area contributed by atoms with E-state index in [1.165, 1.54) is 0 Å². The molecule has 1 amide bonds. The van der Waals surface area contributed by atoms with Crippen molar-refractivity contribution >= 4 is 18.3 Å². The Morgan fingerprint density at radius 1 is 1.35 bits per heavy atom. The molecule has 0 aromatic heterocycles. The summed E-state index contributed by atoms with van der Waals surface area (Å²) in [6.07, 6.45) is 1.01. The van der Waals surface area contributed by atoms with Gasteiger partial charge in [0.25, 0.3) is 0 Å². The third-order valence-corrected chi connectivity index (χ3v) is 3.07. The van der Waals surface area contributed by atoms with Gasteiger partial charge in [-0.2, -0.15) is 0 Å². The number of nitrogens with zero attached hydrogens (tertiary/aromatic N) is 2. The number of hydrogen-bond acceptors (Lipinski definition) is 3. The minimum absolute atomic E-state index is 0. The highest BCUT2D eigenvalue weighted by Crippen LogP contribution is 2.10. The topological polar surface area (TPSA) is 49.6 Å². The summed E-state index contributed by atoms with van der Waals surface area (Å²) in [6.45, 7) is 10.6. The second-order valence-corrected chi connectivity index (χ2v) is 5.27. The maximum atomic E-state index is 12.1. The van der Waals surface area contributed by atoms with Crippen LogP contribution in [0.5, 0.6) is 0 Å². The van der Waals surface area contributed by atoms with E-state index in [1.807, 2.05) is 4.90 Å². The maximum absolute atomic E-state index is 12.1. The summed E-state index contributed by atoms with van der Waals surface area (Å²) in [4.78, 5) is 16.2. The Labute approximate surface area is 111 Å². The molecule has 102 valence electrons. The van der Waals surface area contributed by atoms with Crippen LogP contribution in [0.4, 0.5) is 0 Å². The Balaban J connectivity index is 0.00000256. The molecule has 1 unspecified atom stereocenters. The van der Waals surface area contributed by atoms with E-state index in [-0.39, 0.29) is 36.4 Å². The molecule has 0 bridgehead atoms. The zero-order valence-corrected chi connectivity index (χ0v) is 12.2. The minimum atomic E-state index is 0. The van der Waals surface area contributed by atoms with Crippen molar-refractivity contribution in [2.24, 2.45) is 5.73 Å². The number of nitrogens with two attached hydrogens (primary N) is 1. The second kappa shape index (κ2) is 7.19. The van der Waals surface area contributed by atoms with Crippen LogP contribution < -0.4 is 5.73 Å². The second-order valence-electron chi connectivity index (χ2n) is 5.27. The average molecular weight is 264 g/mol. The summed E-state index contributed by atoms with van der Waals surface area (Å²) >= 11 is 0. The zero-order chi connectivity index (χ0) is 12.3. The van der Waals surface area contributed by atoms with Crippen LogP contribution in [0.25, 0.3) is 0 Å². The lowest BCUT2D eigenvalue weighted by Gasteiger charge is -2.32. The number of carbonyl (C=O) groups is 1. The molecule has 1 atom stereocenters. The molecule has 1 aliphatic heterocycles. The van der Waals surface area contributed by atoms with Crippen LogP contribution in [0.1, 0.15) is 34.1 Å². The molecular weight excluding hydrogens is 238 g/mol. The first-order valence-electron chi connectivity index (χ1n) is 6.21. The van der Waals surface area contributed by atoms with Gasteiger partial charge in [-0.1, -0.05) is 0 Å². The van der Waals surface area contributed by atoms with E-state index in [0.717, 1.165) is 19.5 Å². The Hall–Kier alpha value is -0.320. The lowest BCUT2D eigenvalue weighted by molar-refractivity contribution is -0.135. The normalized spacial score (nSPS) is 20.8. The van der Waals surface area contributed by atoms with Crippen molar-refractivity contribution in [3.63, 3.8) is 0 Å². The van der Waals surface area contributed by atoms with Crippen LogP contribution in [-0.2, 0) is 4.79 Å². The number of likely N-dealkylation sites (tertiary alicyclic amines) is 1. The van der Waals surface area contributed by atoms with Gasteiger partial charge in [-0.3, -0.25) is 9.69 Å². The Bertz CT molecular complexity index is 238. The van der Waals surface area contributed by atoms with Crippen molar-refractivity contribution < 1.29 is 4.79 Å². The molecule has 0 aliphatic carbocycles. The van der Waals surface area contributed by atoms with Gasteiger partial charge in [0, 0.05) is 31.2 Å². The van der Waals surface area contributed by atoms with Gasteiger partial charge in [0.15, 0.2) is 0 Å². The van der Waals surface area contributed by atoms with Gasteiger partial charge >= 0.3 is 0 Å². The van der Waals surface area contributed by atoms with E-state index in [0.29, 0.717) is 6.54 Å². The summed E-state index contributed by atoms with van der Waals surface area (Å²) in [5, 5.41) is 0. The molecule has 1 heterocycles. The fourth-order valence-corrected chi connectivity index (χ4v) is 2.45. The highest BCUT2D eigenvalue weighted by Gasteiger charge is 2.25. The van der Waals surface area contributed by atoms with Gasteiger partial charge in [0.1, 0.15) is 0 Å². The molecule has 0 aromatic rings. The van der Waals surface area contributed by atoms with Crippen molar-refractivity contribution in [2.45, 2.75) is 52.2 Å². The summed E-state index contributed by atoms with van der Waals surface area (Å²) in [5.74, 6) is 0.221. The monoisotopic (exact) mass is 263 g/mol. The fraction of sp³-hybridized carbons (Fsp3) is 0.917. The summed E-state index contributed by atoms with van der Waals surface area (Å²) < 4.78 is 0. The smallest absolute Gasteiger partial charge is 0.237 e. The van der Waals surface area contributed by atoms with E-state index in [9.17, 15) is 4.79 Å². The standard InChI is InChI=1S/C12H25N3O.ClH/c1-9(2)15(10(3)4)12(16)8-14-6-5-11(13)7-14;/h9-11H,5-8,13H2,1-4H3;1H. The molecule has 2 N–H and O–H groups in total. The van der Waals surface area contributed by atoms with Gasteiger partial charge in [-0.05, 0) is 34.1 Å². The van der Waals surface area contributed by atoms with Crippen LogP contribution in [0.3, 0.4) is 0 Å². The molecular formula is C12H26ClN3O. The van der Waals surface area contributed by atoms with Crippen LogP contribution >= 0.6 is 12.4 Å². The predicted molar refractivity (Wildman–Crippen MR) is 73.4 cm³/mol. The molecule has 0 aromatic carbocycles. The molecule has 1 fully saturated rings. The average Bonchev–Trinajstić information content (AvgIpc) is 2.49. The molecule has 1 saturated heterocycles. The molecule has 0 radical (unpaired) electrons. The quantitative estimate of drug-likeness (QED) is 0.826. The predicted octanol–water partition coefficient (Wildman–Crippen LogP) is 1.09. The first kappa shape index (κ1) is 16.7. The molecule has 5 heteroatoms. The molecule has 1 rings (SSSR count). The number of rotatable bonds is 4. The van der Waals surface area contributed by atoms with Gasteiger partial charge in [0.2, 0.25) is 5.91 Å². The van der Waals surface area contributed by atoms with Crippen molar-refractivity contribution in [2.75, 3.05) is 19.6 Å². The maximum Gasteiger partial charge on any atom is 0.237 e. The summed E-state index contributed by atoms with van der Waals surface area (Å²) in [7, 11) is 0. The highest BCUT2D eigenvalue weighted by atomic mass is 35.5. The van der Waals surface area contributed by atoms with E-state index < -0.39 is 0 Å². The van der Waals surface area contributed by atoms with Gasteiger partial charge < -0.3 is 10.6 Å². The summed E-state index contributed by atoms with van der Waals surface area (Å²) in [5.41, 5.74) is 5.83. The zero-order valence-electron chi connectivity index (χ0n) is 11.3. The molecule has 1 aliphatic rings. The lowest BCUT2D eigenvalue weighted by atomic mass is 10.2. The first-order valence-corrected chi connectivity index (χ1v) is 6.21. The van der Waals surface area contributed by atoms with E-state index in [2.05, 4.69) is 32.6 Å². The van der Waals surface area contributed by atoms with Gasteiger partial charge in [-0.15, -0.1) is 12.4 Å². The van der Waals surface area contributed by atoms with Crippen molar-refractivity contribution in [1.29, 1.82) is 0 Å². The summed E-state index contributed by atoms with van der Waals surface area (Å²) in [6, 6.07) is 0.784. The molecule has 17 heavy (non-hydrogen) atoms. The first-order chi connectivity index (χ1) is 7.41. The Kier molecular flexibility index (Phi) is 7.05. The van der Waals surface area contributed by atoms with Gasteiger partial charge in [-0.25, -0.2) is 0 Å². The Morgan fingerprint density at radius 3 is 2.24 bits per heavy atom. The molecule has 0 spiro atoms. The Morgan fingerprint density at radius 2 is 1.88 bits per heavy atom. The largest absolute Gasteiger partial charge is 0.337 e. The highest BCUT2D eigenvalue weighted by molar-refractivity contribution is 5.85. The van der Waals surface area contributed by atoms with Crippen molar-refractivity contribution in [3.8, 4) is 0 Å². The molecule has 4 nitrogen and oxygen atoms in total. The third-order valence-electron chi connectivity index (χ3n) is 3.07.